The fraction of sp³-hybridized carbons (Fsp3) is 0.562. The number of rotatable bonds is 7. The minimum absolute atomic E-state index is 0.0817. The van der Waals surface area contributed by atoms with Crippen molar-refractivity contribution in [3.8, 4) is 0 Å². The van der Waals surface area contributed by atoms with E-state index in [0.717, 1.165) is 0 Å². The molecule has 0 bridgehead atoms. The summed E-state index contributed by atoms with van der Waals surface area (Å²) < 4.78 is 31.1. The lowest BCUT2D eigenvalue weighted by atomic mass is 10.1. The van der Waals surface area contributed by atoms with E-state index >= 15 is 0 Å². The Morgan fingerprint density at radius 3 is 2.09 bits per heavy atom. The molecular weight excluding hydrogens is 316 g/mol. The Morgan fingerprint density at radius 2 is 1.65 bits per heavy atom. The Hall–Kier alpha value is -1.44. The predicted molar refractivity (Wildman–Crippen MR) is 91.0 cm³/mol. The zero-order valence-electron chi connectivity index (χ0n) is 14.6. The first kappa shape index (κ1) is 19.6. The van der Waals surface area contributed by atoms with Gasteiger partial charge in [0.15, 0.2) is 0 Å². The lowest BCUT2D eigenvalue weighted by Gasteiger charge is -2.23. The van der Waals surface area contributed by atoms with Crippen molar-refractivity contribution in [3.63, 3.8) is 0 Å². The highest BCUT2D eigenvalue weighted by atomic mass is 32.2. The van der Waals surface area contributed by atoms with Crippen LogP contribution in [0.5, 0.6) is 0 Å². The zero-order chi connectivity index (χ0) is 17.8. The lowest BCUT2D eigenvalue weighted by molar-refractivity contribution is -0.123. The number of sulfonamides is 1. The quantitative estimate of drug-likeness (QED) is 0.760. The Morgan fingerprint density at radius 1 is 1.13 bits per heavy atom. The number of nitrogens with zero attached hydrogens (tertiary/aromatic N) is 2. The fourth-order valence-electron chi connectivity index (χ4n) is 2.06. The van der Waals surface area contributed by atoms with Crippen molar-refractivity contribution >= 4 is 21.6 Å². The molecule has 1 rings (SSSR count). The molecule has 0 fully saturated rings. The number of ether oxygens (including phenoxy) is 1. The first-order chi connectivity index (χ1) is 10.6. The van der Waals surface area contributed by atoms with E-state index in [4.69, 9.17) is 4.74 Å². The Labute approximate surface area is 139 Å². The van der Waals surface area contributed by atoms with Crippen LogP contribution in [0.1, 0.15) is 20.8 Å². The van der Waals surface area contributed by atoms with Crippen LogP contribution in [-0.4, -0.2) is 52.5 Å². The monoisotopic (exact) mass is 342 g/mol. The Balaban J connectivity index is 2.99. The molecule has 7 heteroatoms. The molecule has 130 valence electrons. The summed E-state index contributed by atoms with van der Waals surface area (Å²) in [6, 6.07) is 6.19. The number of methoxy groups -OCH3 is 1. The van der Waals surface area contributed by atoms with Crippen LogP contribution in [-0.2, 0) is 19.6 Å². The van der Waals surface area contributed by atoms with Crippen molar-refractivity contribution in [1.82, 2.24) is 4.31 Å². The van der Waals surface area contributed by atoms with Crippen molar-refractivity contribution < 1.29 is 17.9 Å². The second kappa shape index (κ2) is 7.90. The van der Waals surface area contributed by atoms with Crippen LogP contribution in [0.2, 0.25) is 0 Å². The Kier molecular flexibility index (Phi) is 6.73. The van der Waals surface area contributed by atoms with Gasteiger partial charge >= 0.3 is 0 Å². The molecular formula is C16H26N2O4S. The van der Waals surface area contributed by atoms with Gasteiger partial charge in [-0.3, -0.25) is 4.79 Å². The van der Waals surface area contributed by atoms with E-state index in [9.17, 15) is 13.2 Å². The standard InChI is InChI=1S/C16H26N2O4S/c1-12(2)18(5)23(20,21)15-9-7-14(8-10-15)17(4)16(19)13(3)11-22-6/h7-10,12-13H,11H2,1-6H3/t13-/m0/s1. The van der Waals surface area contributed by atoms with Gasteiger partial charge in [0, 0.05) is 32.9 Å². The van der Waals surface area contributed by atoms with Crippen molar-refractivity contribution in [2.45, 2.75) is 31.7 Å². The van der Waals surface area contributed by atoms with Crippen LogP contribution < -0.4 is 4.90 Å². The highest BCUT2D eigenvalue weighted by Crippen LogP contribution is 2.21. The third-order valence-electron chi connectivity index (χ3n) is 3.80. The molecule has 0 unspecified atom stereocenters. The molecule has 0 saturated heterocycles. The summed E-state index contributed by atoms with van der Waals surface area (Å²) in [6.07, 6.45) is 0. The van der Waals surface area contributed by atoms with Gasteiger partial charge < -0.3 is 9.64 Å². The maximum Gasteiger partial charge on any atom is 0.243 e. The first-order valence-electron chi connectivity index (χ1n) is 7.47. The van der Waals surface area contributed by atoms with Gasteiger partial charge in [-0.2, -0.15) is 4.31 Å². The van der Waals surface area contributed by atoms with Gasteiger partial charge in [0.2, 0.25) is 15.9 Å². The van der Waals surface area contributed by atoms with Gasteiger partial charge in [-0.25, -0.2) is 8.42 Å². The number of anilines is 1. The summed E-state index contributed by atoms with van der Waals surface area (Å²) in [4.78, 5) is 13.9. The van der Waals surface area contributed by atoms with Gasteiger partial charge in [-0.15, -0.1) is 0 Å². The number of carbonyl (C=O) groups excluding carboxylic acids is 1. The van der Waals surface area contributed by atoms with E-state index in [2.05, 4.69) is 0 Å². The Bertz CT molecular complexity index is 626. The third-order valence-corrected chi connectivity index (χ3v) is 5.84. The van der Waals surface area contributed by atoms with Crippen LogP contribution in [0.3, 0.4) is 0 Å². The summed E-state index contributed by atoms with van der Waals surface area (Å²) in [5.74, 6) is -0.345. The molecule has 23 heavy (non-hydrogen) atoms. The number of carbonyl (C=O) groups is 1. The summed E-state index contributed by atoms with van der Waals surface area (Å²) in [6.45, 7) is 5.76. The molecule has 0 spiro atoms. The topological polar surface area (TPSA) is 66.9 Å². The van der Waals surface area contributed by atoms with Crippen molar-refractivity contribution in [1.29, 1.82) is 0 Å². The number of amides is 1. The van der Waals surface area contributed by atoms with E-state index in [0.29, 0.717) is 12.3 Å². The summed E-state index contributed by atoms with van der Waals surface area (Å²) in [7, 11) is 1.25. The maximum atomic E-state index is 12.4. The molecule has 0 aliphatic heterocycles. The minimum atomic E-state index is -3.52. The van der Waals surface area contributed by atoms with Gasteiger partial charge in [0.05, 0.1) is 17.4 Å². The lowest BCUT2D eigenvalue weighted by Crippen LogP contribution is -2.34. The van der Waals surface area contributed by atoms with Gasteiger partial charge in [0.25, 0.3) is 0 Å². The van der Waals surface area contributed by atoms with Gasteiger partial charge in [-0.05, 0) is 38.1 Å². The van der Waals surface area contributed by atoms with E-state index in [1.165, 1.54) is 21.3 Å². The van der Waals surface area contributed by atoms with E-state index in [1.807, 2.05) is 13.8 Å². The molecule has 1 aromatic rings. The van der Waals surface area contributed by atoms with E-state index in [1.54, 1.807) is 40.3 Å². The highest BCUT2D eigenvalue weighted by molar-refractivity contribution is 7.89. The summed E-state index contributed by atoms with van der Waals surface area (Å²) >= 11 is 0. The molecule has 6 nitrogen and oxygen atoms in total. The molecule has 0 heterocycles. The van der Waals surface area contributed by atoms with Crippen LogP contribution in [0.15, 0.2) is 29.2 Å². The predicted octanol–water partition coefficient (Wildman–Crippen LogP) is 1.96. The smallest absolute Gasteiger partial charge is 0.243 e. The molecule has 0 radical (unpaired) electrons. The average Bonchev–Trinajstić information content (AvgIpc) is 2.52. The van der Waals surface area contributed by atoms with Crippen molar-refractivity contribution in [2.75, 3.05) is 32.7 Å². The average molecular weight is 342 g/mol. The molecule has 1 atom stereocenters. The summed E-state index contributed by atoms with van der Waals surface area (Å²) in [5, 5.41) is 0. The second-order valence-corrected chi connectivity index (χ2v) is 7.86. The maximum absolute atomic E-state index is 12.4. The third kappa shape index (κ3) is 4.53. The SMILES string of the molecule is COC[C@H](C)C(=O)N(C)c1ccc(S(=O)(=O)N(C)C(C)C)cc1. The van der Waals surface area contributed by atoms with Gasteiger partial charge in [0.1, 0.15) is 0 Å². The van der Waals surface area contributed by atoms with Crippen molar-refractivity contribution in [2.24, 2.45) is 5.92 Å². The van der Waals surface area contributed by atoms with Crippen LogP contribution in [0.4, 0.5) is 5.69 Å². The number of hydrogen-bond acceptors (Lipinski definition) is 4. The normalized spacial score (nSPS) is 13.4. The molecule has 0 aliphatic carbocycles. The van der Waals surface area contributed by atoms with E-state index in [-0.39, 0.29) is 22.8 Å². The second-order valence-electron chi connectivity index (χ2n) is 5.86. The highest BCUT2D eigenvalue weighted by Gasteiger charge is 2.24. The molecule has 0 N–H and O–H groups in total. The molecule has 0 saturated carbocycles. The minimum Gasteiger partial charge on any atom is -0.384 e. The van der Waals surface area contributed by atoms with Crippen LogP contribution in [0, 0.1) is 5.92 Å². The van der Waals surface area contributed by atoms with E-state index < -0.39 is 10.0 Å². The zero-order valence-corrected chi connectivity index (χ0v) is 15.4. The molecule has 0 aromatic heterocycles. The molecule has 0 aliphatic rings. The van der Waals surface area contributed by atoms with Crippen LogP contribution in [0.25, 0.3) is 0 Å². The summed E-state index contributed by atoms with van der Waals surface area (Å²) in [5.41, 5.74) is 0.643. The van der Waals surface area contributed by atoms with Crippen LogP contribution >= 0.6 is 0 Å². The number of hydrogen-bond donors (Lipinski definition) is 0. The van der Waals surface area contributed by atoms with Crippen molar-refractivity contribution in [3.05, 3.63) is 24.3 Å². The largest absolute Gasteiger partial charge is 0.384 e. The fourth-order valence-corrected chi connectivity index (χ4v) is 3.43. The first-order valence-corrected chi connectivity index (χ1v) is 8.91. The number of benzene rings is 1. The molecule has 1 amide bonds. The van der Waals surface area contributed by atoms with Gasteiger partial charge in [-0.1, -0.05) is 6.92 Å². The molecule has 1 aromatic carbocycles.